The Hall–Kier alpha value is -0.610. The van der Waals surface area contributed by atoms with Crippen molar-refractivity contribution in [3.05, 3.63) is 0 Å². The van der Waals surface area contributed by atoms with E-state index >= 15 is 0 Å². The first-order valence-corrected chi connectivity index (χ1v) is 11.2. The lowest BCUT2D eigenvalue weighted by molar-refractivity contribution is -0.240. The predicted octanol–water partition coefficient (Wildman–Crippen LogP) is 6.63. The summed E-state index contributed by atoms with van der Waals surface area (Å²) >= 11 is 0. The minimum Gasteiger partial charge on any atom is -0.302 e. The first kappa shape index (κ1) is 25.4. The van der Waals surface area contributed by atoms with Gasteiger partial charge in [0.05, 0.1) is 0 Å². The van der Waals surface area contributed by atoms with Crippen LogP contribution in [0.5, 0.6) is 0 Å². The fraction of sp³-hybridized carbons (Fsp3) is 0.955. The Bertz CT molecular complexity index is 319. The summed E-state index contributed by atoms with van der Waals surface area (Å²) in [5.74, 6) is -0.631. The zero-order valence-corrected chi connectivity index (χ0v) is 17.8. The van der Waals surface area contributed by atoms with Gasteiger partial charge in [-0.3, -0.25) is 4.89 Å². The van der Waals surface area contributed by atoms with E-state index in [4.69, 9.17) is 5.26 Å². The normalized spacial score (nSPS) is 11.7. The lowest BCUT2D eigenvalue weighted by Crippen LogP contribution is -2.47. The maximum atomic E-state index is 11.3. The number of rotatable bonds is 19. The summed E-state index contributed by atoms with van der Waals surface area (Å²) in [6, 6.07) is 0. The maximum Gasteiger partial charge on any atom is 0.361 e. The average molecular weight is 372 g/mol. The molecule has 0 amide bonds. The Morgan fingerprint density at radius 2 is 1.08 bits per heavy atom. The highest BCUT2D eigenvalue weighted by Crippen LogP contribution is 2.13. The topological polar surface area (TPSA) is 58.6 Å². The second-order valence-electron chi connectivity index (χ2n) is 8.23. The summed E-state index contributed by atoms with van der Waals surface area (Å²) in [5.41, 5.74) is -0.815. The highest BCUT2D eigenvalue weighted by molar-refractivity contribution is 5.79. The molecule has 0 fully saturated rings. The van der Waals surface area contributed by atoms with Crippen LogP contribution < -0.4 is 5.32 Å². The van der Waals surface area contributed by atoms with Gasteiger partial charge in [0.25, 0.3) is 0 Å². The second-order valence-corrected chi connectivity index (χ2v) is 8.23. The van der Waals surface area contributed by atoms with Gasteiger partial charge in [-0.2, -0.15) is 5.26 Å². The summed E-state index contributed by atoms with van der Waals surface area (Å²) in [5, 5.41) is 11.5. The van der Waals surface area contributed by atoms with Crippen molar-refractivity contribution in [2.75, 3.05) is 6.54 Å². The third-order valence-corrected chi connectivity index (χ3v) is 5.19. The molecule has 0 aliphatic heterocycles. The fourth-order valence-corrected chi connectivity index (χ4v) is 3.26. The number of hydrogen-bond acceptors (Lipinski definition) is 4. The standard InChI is InChI=1S/C22H45NO3/c1-4-5-6-7-8-9-10-11-12-13-14-15-16-17-18-19-20-23-22(2,3)21(24)26-25/h23,25H,4-20H2,1-3H3. The van der Waals surface area contributed by atoms with E-state index in [1.165, 1.54) is 96.3 Å². The summed E-state index contributed by atoms with van der Waals surface area (Å²) in [4.78, 5) is 15.1. The number of carbonyl (C=O) groups excluding carboxylic acids is 1. The molecule has 0 saturated carbocycles. The average Bonchev–Trinajstić information content (AvgIpc) is 2.63. The molecule has 26 heavy (non-hydrogen) atoms. The minimum absolute atomic E-state index is 0.631. The van der Waals surface area contributed by atoms with Crippen molar-refractivity contribution in [2.45, 2.75) is 129 Å². The van der Waals surface area contributed by atoms with Crippen LogP contribution in [0.1, 0.15) is 124 Å². The Morgan fingerprint density at radius 1 is 0.731 bits per heavy atom. The summed E-state index contributed by atoms with van der Waals surface area (Å²) < 4.78 is 0. The van der Waals surface area contributed by atoms with Crippen LogP contribution >= 0.6 is 0 Å². The van der Waals surface area contributed by atoms with Gasteiger partial charge in [0.2, 0.25) is 0 Å². The zero-order chi connectivity index (χ0) is 19.5. The second kappa shape index (κ2) is 17.8. The molecule has 0 radical (unpaired) electrons. The van der Waals surface area contributed by atoms with E-state index in [-0.39, 0.29) is 0 Å². The highest BCUT2D eigenvalue weighted by Gasteiger charge is 2.28. The van der Waals surface area contributed by atoms with E-state index < -0.39 is 11.5 Å². The zero-order valence-electron chi connectivity index (χ0n) is 17.8. The first-order chi connectivity index (χ1) is 12.5. The predicted molar refractivity (Wildman–Crippen MR) is 110 cm³/mol. The molecule has 0 atom stereocenters. The van der Waals surface area contributed by atoms with Gasteiger partial charge in [0.15, 0.2) is 0 Å². The molecular weight excluding hydrogens is 326 g/mol. The van der Waals surface area contributed by atoms with E-state index in [1.807, 2.05) is 0 Å². The van der Waals surface area contributed by atoms with Crippen molar-refractivity contribution in [3.63, 3.8) is 0 Å². The molecule has 4 nitrogen and oxygen atoms in total. The van der Waals surface area contributed by atoms with Crippen molar-refractivity contribution in [1.82, 2.24) is 5.32 Å². The van der Waals surface area contributed by atoms with Crippen LogP contribution in [0.3, 0.4) is 0 Å². The Balaban J connectivity index is 3.19. The number of nitrogens with one attached hydrogen (secondary N) is 1. The quantitative estimate of drug-likeness (QED) is 0.152. The van der Waals surface area contributed by atoms with E-state index in [0.29, 0.717) is 0 Å². The lowest BCUT2D eigenvalue weighted by Gasteiger charge is -2.21. The molecular formula is C22H45NO3. The van der Waals surface area contributed by atoms with Gasteiger partial charge >= 0.3 is 5.97 Å². The van der Waals surface area contributed by atoms with Crippen LogP contribution in [0.25, 0.3) is 0 Å². The molecule has 0 aliphatic rings. The number of hydrogen-bond donors (Lipinski definition) is 2. The van der Waals surface area contributed by atoms with E-state index in [0.717, 1.165) is 13.0 Å². The van der Waals surface area contributed by atoms with Crippen LogP contribution in [-0.4, -0.2) is 23.3 Å². The molecule has 0 aromatic rings. The van der Waals surface area contributed by atoms with Gasteiger partial charge in [-0.25, -0.2) is 4.79 Å². The van der Waals surface area contributed by atoms with Crippen LogP contribution in [0, 0.1) is 0 Å². The molecule has 0 rings (SSSR count). The van der Waals surface area contributed by atoms with Gasteiger partial charge in [0.1, 0.15) is 5.54 Å². The molecule has 0 aromatic carbocycles. The minimum atomic E-state index is -0.815. The van der Waals surface area contributed by atoms with Gasteiger partial charge in [-0.1, -0.05) is 103 Å². The monoisotopic (exact) mass is 371 g/mol. The fourth-order valence-electron chi connectivity index (χ4n) is 3.26. The molecule has 0 spiro atoms. The van der Waals surface area contributed by atoms with E-state index in [9.17, 15) is 4.79 Å². The van der Waals surface area contributed by atoms with Crippen molar-refractivity contribution in [1.29, 1.82) is 0 Å². The SMILES string of the molecule is CCCCCCCCCCCCCCCCCCNC(C)(C)C(=O)OO. The summed E-state index contributed by atoms with van der Waals surface area (Å²) in [7, 11) is 0. The van der Waals surface area contributed by atoms with Gasteiger partial charge in [-0.15, -0.1) is 0 Å². The Labute approximate surface area is 162 Å². The molecule has 2 N–H and O–H groups in total. The van der Waals surface area contributed by atoms with Gasteiger partial charge in [-0.05, 0) is 26.8 Å². The Morgan fingerprint density at radius 3 is 1.42 bits per heavy atom. The van der Waals surface area contributed by atoms with Crippen molar-refractivity contribution in [2.24, 2.45) is 0 Å². The largest absolute Gasteiger partial charge is 0.361 e. The summed E-state index contributed by atoms with van der Waals surface area (Å²) in [6.07, 6.45) is 21.7. The molecule has 0 heterocycles. The van der Waals surface area contributed by atoms with Crippen molar-refractivity contribution >= 4 is 5.97 Å². The Kier molecular flexibility index (Phi) is 17.4. The molecule has 0 aromatic heterocycles. The van der Waals surface area contributed by atoms with Crippen LogP contribution in [0.2, 0.25) is 0 Å². The third kappa shape index (κ3) is 15.6. The number of carbonyl (C=O) groups is 1. The third-order valence-electron chi connectivity index (χ3n) is 5.19. The van der Waals surface area contributed by atoms with E-state index in [1.54, 1.807) is 13.8 Å². The molecule has 4 heteroatoms. The smallest absolute Gasteiger partial charge is 0.302 e. The molecule has 156 valence electrons. The van der Waals surface area contributed by atoms with E-state index in [2.05, 4.69) is 17.1 Å². The lowest BCUT2D eigenvalue weighted by atomic mass is 10.0. The molecule has 0 saturated heterocycles. The molecule has 0 bridgehead atoms. The van der Waals surface area contributed by atoms with Gasteiger partial charge < -0.3 is 5.32 Å². The van der Waals surface area contributed by atoms with Crippen molar-refractivity contribution in [3.8, 4) is 0 Å². The maximum absolute atomic E-state index is 11.3. The number of unbranched alkanes of at least 4 members (excludes halogenated alkanes) is 15. The van der Waals surface area contributed by atoms with Crippen LogP contribution in [0.15, 0.2) is 0 Å². The summed E-state index contributed by atoms with van der Waals surface area (Å²) in [6.45, 7) is 6.49. The van der Waals surface area contributed by atoms with Crippen LogP contribution in [0.4, 0.5) is 0 Å². The highest BCUT2D eigenvalue weighted by atomic mass is 17.1. The van der Waals surface area contributed by atoms with Gasteiger partial charge in [0, 0.05) is 0 Å². The van der Waals surface area contributed by atoms with Crippen LogP contribution in [-0.2, 0) is 9.68 Å². The molecule has 0 unspecified atom stereocenters. The molecule has 0 aliphatic carbocycles. The first-order valence-electron chi connectivity index (χ1n) is 11.2. The van der Waals surface area contributed by atoms with Crippen molar-refractivity contribution < 1.29 is 14.9 Å².